The highest BCUT2D eigenvalue weighted by Crippen LogP contribution is 2.41. The van der Waals surface area contributed by atoms with Gasteiger partial charge >= 0.3 is 0 Å². The van der Waals surface area contributed by atoms with Gasteiger partial charge in [-0.2, -0.15) is 0 Å². The van der Waals surface area contributed by atoms with Gasteiger partial charge in [-0.05, 0) is 47.7 Å². The van der Waals surface area contributed by atoms with E-state index in [2.05, 4.69) is 33.9 Å². The van der Waals surface area contributed by atoms with Crippen LogP contribution in [0.5, 0.6) is 0 Å². The van der Waals surface area contributed by atoms with Gasteiger partial charge in [-0.25, -0.2) is 0 Å². The van der Waals surface area contributed by atoms with E-state index in [4.69, 9.17) is 0 Å². The standard InChI is InChI=1S/C18H21NOS2/c20-18(13-5-2-1-3-6-13)19-10-8-15-14(9-12-22-15)17(19)16-7-4-11-21-16/h4,7,9,11-13,17H,1-3,5-6,8,10H2. The Hall–Kier alpha value is -1.13. The molecule has 1 aliphatic heterocycles. The molecule has 2 nitrogen and oxygen atoms in total. The molecule has 1 aliphatic carbocycles. The maximum Gasteiger partial charge on any atom is 0.226 e. The Balaban J connectivity index is 1.67. The summed E-state index contributed by atoms with van der Waals surface area (Å²) < 4.78 is 0. The average Bonchev–Trinajstić information content (AvgIpc) is 3.25. The molecule has 0 bridgehead atoms. The zero-order valence-corrected chi connectivity index (χ0v) is 14.3. The van der Waals surface area contributed by atoms with Crippen LogP contribution in [0.15, 0.2) is 29.0 Å². The van der Waals surface area contributed by atoms with Crippen LogP contribution in [0.25, 0.3) is 0 Å². The Labute approximate surface area is 139 Å². The monoisotopic (exact) mass is 331 g/mol. The van der Waals surface area contributed by atoms with Crippen molar-refractivity contribution in [1.29, 1.82) is 0 Å². The number of rotatable bonds is 2. The van der Waals surface area contributed by atoms with Gasteiger partial charge in [0.25, 0.3) is 0 Å². The molecule has 4 heteroatoms. The summed E-state index contributed by atoms with van der Waals surface area (Å²) in [5, 5.41) is 4.30. The van der Waals surface area contributed by atoms with E-state index >= 15 is 0 Å². The molecule has 0 aromatic carbocycles. The molecule has 1 atom stereocenters. The highest BCUT2D eigenvalue weighted by atomic mass is 32.1. The fourth-order valence-electron chi connectivity index (χ4n) is 3.89. The lowest BCUT2D eigenvalue weighted by Crippen LogP contribution is -2.43. The third-order valence-corrected chi connectivity index (χ3v) is 6.94. The molecule has 1 unspecified atom stereocenters. The quantitative estimate of drug-likeness (QED) is 0.769. The molecule has 0 radical (unpaired) electrons. The smallest absolute Gasteiger partial charge is 0.226 e. The number of carbonyl (C=O) groups excluding carboxylic acids is 1. The lowest BCUT2D eigenvalue weighted by molar-refractivity contribution is -0.138. The molecule has 22 heavy (non-hydrogen) atoms. The van der Waals surface area contributed by atoms with Crippen LogP contribution in [0.1, 0.15) is 53.5 Å². The predicted octanol–water partition coefficient (Wildman–Crippen LogP) is 4.86. The molecule has 4 rings (SSSR count). The van der Waals surface area contributed by atoms with Gasteiger partial charge in [0.2, 0.25) is 5.91 Å². The number of thiophene rings is 2. The van der Waals surface area contributed by atoms with E-state index < -0.39 is 0 Å². The summed E-state index contributed by atoms with van der Waals surface area (Å²) in [5.41, 5.74) is 1.36. The number of hydrogen-bond donors (Lipinski definition) is 0. The van der Waals surface area contributed by atoms with Gasteiger partial charge in [-0.3, -0.25) is 4.79 Å². The van der Waals surface area contributed by atoms with Crippen molar-refractivity contribution in [3.63, 3.8) is 0 Å². The van der Waals surface area contributed by atoms with Gasteiger partial charge in [0.1, 0.15) is 0 Å². The molecular formula is C18H21NOS2. The lowest BCUT2D eigenvalue weighted by atomic mass is 9.86. The minimum absolute atomic E-state index is 0.157. The van der Waals surface area contributed by atoms with E-state index in [0.717, 1.165) is 25.8 Å². The average molecular weight is 332 g/mol. The second-order valence-corrected chi connectivity index (χ2v) is 8.31. The molecule has 2 aromatic heterocycles. The van der Waals surface area contributed by atoms with Crippen LogP contribution in [0.4, 0.5) is 0 Å². The van der Waals surface area contributed by atoms with E-state index in [1.54, 1.807) is 11.3 Å². The summed E-state index contributed by atoms with van der Waals surface area (Å²) in [4.78, 5) is 18.1. The fourth-order valence-corrected chi connectivity index (χ4v) is 5.65. The van der Waals surface area contributed by atoms with Crippen molar-refractivity contribution in [2.75, 3.05) is 6.54 Å². The fraction of sp³-hybridized carbons (Fsp3) is 0.500. The predicted molar refractivity (Wildman–Crippen MR) is 92.5 cm³/mol. The summed E-state index contributed by atoms with van der Waals surface area (Å²) in [7, 11) is 0. The molecule has 0 saturated heterocycles. The molecule has 0 spiro atoms. The first-order valence-electron chi connectivity index (χ1n) is 8.25. The Morgan fingerprint density at radius 2 is 1.95 bits per heavy atom. The van der Waals surface area contributed by atoms with Crippen LogP contribution in [-0.2, 0) is 11.2 Å². The highest BCUT2D eigenvalue weighted by molar-refractivity contribution is 7.10. The van der Waals surface area contributed by atoms with E-state index in [1.807, 2.05) is 11.3 Å². The van der Waals surface area contributed by atoms with Crippen molar-refractivity contribution < 1.29 is 4.79 Å². The molecular weight excluding hydrogens is 310 g/mol. The molecule has 116 valence electrons. The maximum absolute atomic E-state index is 13.1. The zero-order valence-electron chi connectivity index (χ0n) is 12.7. The van der Waals surface area contributed by atoms with Crippen molar-refractivity contribution in [1.82, 2.24) is 4.90 Å². The normalized spacial score (nSPS) is 22.5. The molecule has 1 fully saturated rings. The topological polar surface area (TPSA) is 20.3 Å². The number of fused-ring (bicyclic) bond motifs is 1. The van der Waals surface area contributed by atoms with Gasteiger partial charge in [-0.15, -0.1) is 22.7 Å². The van der Waals surface area contributed by atoms with Crippen molar-refractivity contribution in [3.8, 4) is 0 Å². The second kappa shape index (κ2) is 6.17. The van der Waals surface area contributed by atoms with Crippen LogP contribution >= 0.6 is 22.7 Å². The van der Waals surface area contributed by atoms with Gasteiger partial charge in [0.15, 0.2) is 0 Å². The molecule has 1 amide bonds. The zero-order chi connectivity index (χ0) is 14.9. The largest absolute Gasteiger partial charge is 0.330 e. The summed E-state index contributed by atoms with van der Waals surface area (Å²) in [6.45, 7) is 0.880. The molecule has 1 saturated carbocycles. The summed E-state index contributed by atoms with van der Waals surface area (Å²) >= 11 is 3.62. The number of carbonyl (C=O) groups is 1. The van der Waals surface area contributed by atoms with E-state index in [0.29, 0.717) is 5.91 Å². The third-order valence-electron chi connectivity index (χ3n) is 5.02. The van der Waals surface area contributed by atoms with E-state index in [9.17, 15) is 4.79 Å². The summed E-state index contributed by atoms with van der Waals surface area (Å²) in [5.74, 6) is 0.659. The minimum Gasteiger partial charge on any atom is -0.330 e. The van der Waals surface area contributed by atoms with Crippen LogP contribution in [0.2, 0.25) is 0 Å². The van der Waals surface area contributed by atoms with Crippen molar-refractivity contribution in [3.05, 3.63) is 44.3 Å². The van der Waals surface area contributed by atoms with Crippen LogP contribution in [0, 0.1) is 5.92 Å². The van der Waals surface area contributed by atoms with E-state index in [1.165, 1.54) is 34.6 Å². The first kappa shape index (κ1) is 14.5. The Morgan fingerprint density at radius 1 is 1.09 bits per heavy atom. The van der Waals surface area contributed by atoms with Crippen molar-refractivity contribution >= 4 is 28.6 Å². The Morgan fingerprint density at radius 3 is 2.73 bits per heavy atom. The SMILES string of the molecule is O=C(C1CCCCC1)N1CCc2sccc2C1c1cccs1. The molecule has 2 aromatic rings. The molecule has 3 heterocycles. The van der Waals surface area contributed by atoms with E-state index in [-0.39, 0.29) is 12.0 Å². The van der Waals surface area contributed by atoms with Crippen LogP contribution in [-0.4, -0.2) is 17.4 Å². The van der Waals surface area contributed by atoms with Crippen LogP contribution in [0.3, 0.4) is 0 Å². The minimum atomic E-state index is 0.157. The maximum atomic E-state index is 13.1. The number of nitrogens with zero attached hydrogens (tertiary/aromatic N) is 1. The van der Waals surface area contributed by atoms with Gasteiger partial charge < -0.3 is 4.90 Å². The molecule has 2 aliphatic rings. The van der Waals surface area contributed by atoms with Gasteiger partial charge in [0.05, 0.1) is 6.04 Å². The first-order valence-corrected chi connectivity index (χ1v) is 10.0. The summed E-state index contributed by atoms with van der Waals surface area (Å²) in [6.07, 6.45) is 6.93. The van der Waals surface area contributed by atoms with Gasteiger partial charge in [0, 0.05) is 22.2 Å². The first-order chi connectivity index (χ1) is 10.8. The summed E-state index contributed by atoms with van der Waals surface area (Å²) in [6, 6.07) is 6.67. The lowest BCUT2D eigenvalue weighted by Gasteiger charge is -2.38. The third kappa shape index (κ3) is 2.52. The van der Waals surface area contributed by atoms with Crippen LogP contribution < -0.4 is 0 Å². The highest BCUT2D eigenvalue weighted by Gasteiger charge is 2.36. The number of amides is 1. The van der Waals surface area contributed by atoms with Crippen molar-refractivity contribution in [2.45, 2.75) is 44.6 Å². The van der Waals surface area contributed by atoms with Gasteiger partial charge in [-0.1, -0.05) is 25.3 Å². The van der Waals surface area contributed by atoms with Crippen molar-refractivity contribution in [2.24, 2.45) is 5.92 Å². The number of hydrogen-bond acceptors (Lipinski definition) is 3. The second-order valence-electron chi connectivity index (χ2n) is 6.33. The Bertz CT molecular complexity index is 640. The molecule has 0 N–H and O–H groups in total. The Kier molecular flexibility index (Phi) is 4.05.